The Morgan fingerprint density at radius 2 is 1.44 bits per heavy atom. The summed E-state index contributed by atoms with van der Waals surface area (Å²) in [5, 5.41) is 49.3. The molecular weight excluding hydrogens is 410 g/mol. The van der Waals surface area contributed by atoms with Gasteiger partial charge in [-0.2, -0.15) is 0 Å². The lowest BCUT2D eigenvalue weighted by Gasteiger charge is -2.40. The van der Waals surface area contributed by atoms with Crippen LogP contribution in [0.25, 0.3) is 0 Å². The lowest BCUT2D eigenvalue weighted by molar-refractivity contribution is -0.179. The second kappa shape index (κ2) is 17.9. The molecule has 7 heteroatoms. The van der Waals surface area contributed by atoms with Gasteiger partial charge in [-0.15, -0.1) is 0 Å². The summed E-state index contributed by atoms with van der Waals surface area (Å²) in [6.07, 6.45) is 13.7. The predicted octanol–water partition coefficient (Wildman–Crippen LogP) is 2.41. The molecule has 1 aliphatic carbocycles. The minimum absolute atomic E-state index is 0.00659. The second-order valence-electron chi connectivity index (χ2n) is 9.43. The molecule has 0 aromatic heterocycles. The molecule has 1 rings (SSSR count). The zero-order valence-corrected chi connectivity index (χ0v) is 20.0. The van der Waals surface area contributed by atoms with Crippen molar-refractivity contribution in [2.45, 2.75) is 127 Å². The fourth-order valence-electron chi connectivity index (χ4n) is 4.27. The van der Waals surface area contributed by atoms with Crippen molar-refractivity contribution in [1.82, 2.24) is 0 Å². The average molecular weight is 460 g/mol. The number of allylic oxidation sites excluding steroid dienone is 1. The van der Waals surface area contributed by atoms with Crippen LogP contribution in [0.1, 0.15) is 90.4 Å². The van der Waals surface area contributed by atoms with Crippen LogP contribution in [0.15, 0.2) is 12.2 Å². The smallest absolute Gasteiger partial charge is 0.109 e. The monoisotopic (exact) mass is 459 g/mol. The molecule has 0 radical (unpaired) electrons. The van der Waals surface area contributed by atoms with Gasteiger partial charge in [0.25, 0.3) is 0 Å². The topological polar surface area (TPSA) is 136 Å². The lowest BCUT2D eigenvalue weighted by atomic mass is 9.81. The van der Waals surface area contributed by atoms with E-state index < -0.39 is 42.5 Å². The first kappa shape index (κ1) is 29.5. The minimum atomic E-state index is -1.38. The van der Waals surface area contributed by atoms with Crippen molar-refractivity contribution < 1.29 is 30.3 Å². The first-order valence-corrected chi connectivity index (χ1v) is 12.8. The van der Waals surface area contributed by atoms with Gasteiger partial charge in [-0.1, -0.05) is 83.3 Å². The van der Waals surface area contributed by atoms with Gasteiger partial charge in [0, 0.05) is 12.5 Å². The number of unbranched alkanes of at least 4 members (excludes halogenated alkanes) is 11. The fourth-order valence-corrected chi connectivity index (χ4v) is 4.27. The van der Waals surface area contributed by atoms with Crippen LogP contribution in [-0.2, 0) is 4.74 Å². The van der Waals surface area contributed by atoms with Gasteiger partial charge >= 0.3 is 0 Å². The van der Waals surface area contributed by atoms with E-state index in [2.05, 4.69) is 6.92 Å². The zero-order valence-electron chi connectivity index (χ0n) is 20.0. The molecule has 7 N–H and O–H groups in total. The third-order valence-electron chi connectivity index (χ3n) is 6.58. The number of nitrogens with two attached hydrogens (primary N) is 1. The number of ether oxygens (including phenoxy) is 1. The molecule has 32 heavy (non-hydrogen) atoms. The van der Waals surface area contributed by atoms with Gasteiger partial charge in [-0.05, 0) is 19.3 Å². The quantitative estimate of drug-likeness (QED) is 0.137. The molecule has 0 heterocycles. The standard InChI is InChI=1S/C25H49NO6/c1-2-3-4-5-6-7-8-9-10-11-12-13-14-15-21(28)20(26)18-32-22-16-19(17-27)23(29)25(31)24(22)30/h14-15,19-25,27-31H,2-13,16-18,26H2,1H3/b15-14+/t19?,20-,21+,22+,23+,24?,25-/m0/s1. The summed E-state index contributed by atoms with van der Waals surface area (Å²) in [6.45, 7) is 1.95. The molecule has 7 nitrogen and oxygen atoms in total. The number of hydrogen-bond acceptors (Lipinski definition) is 7. The van der Waals surface area contributed by atoms with Crippen LogP contribution in [0.2, 0.25) is 0 Å². The molecule has 2 unspecified atom stereocenters. The van der Waals surface area contributed by atoms with Crippen molar-refractivity contribution in [2.24, 2.45) is 11.7 Å². The highest BCUT2D eigenvalue weighted by molar-refractivity contribution is 4.96. The SMILES string of the molecule is CCCCCCCCCCCCC/C=C/[C@@H](O)[C@@H](N)CO[C@@H]1CC(CO)[C@@H](O)[C@H](O)C1O. The minimum Gasteiger partial charge on any atom is -0.396 e. The van der Waals surface area contributed by atoms with Crippen molar-refractivity contribution in [3.05, 3.63) is 12.2 Å². The van der Waals surface area contributed by atoms with Gasteiger partial charge in [0.1, 0.15) is 12.2 Å². The normalized spacial score (nSPS) is 28.3. The Bertz CT molecular complexity index is 475. The Kier molecular flexibility index (Phi) is 16.5. The van der Waals surface area contributed by atoms with E-state index in [9.17, 15) is 25.5 Å². The number of aliphatic hydroxyl groups excluding tert-OH is 5. The summed E-state index contributed by atoms with van der Waals surface area (Å²) in [7, 11) is 0. The van der Waals surface area contributed by atoms with E-state index in [1.807, 2.05) is 6.08 Å². The molecule has 0 amide bonds. The van der Waals surface area contributed by atoms with E-state index in [1.165, 1.54) is 64.2 Å². The van der Waals surface area contributed by atoms with Crippen LogP contribution in [0.3, 0.4) is 0 Å². The van der Waals surface area contributed by atoms with Crippen molar-refractivity contribution in [3.63, 3.8) is 0 Å². The molecular formula is C25H49NO6. The summed E-state index contributed by atoms with van der Waals surface area (Å²) in [4.78, 5) is 0. The molecule has 1 saturated carbocycles. The lowest BCUT2D eigenvalue weighted by Crippen LogP contribution is -2.56. The van der Waals surface area contributed by atoms with Gasteiger partial charge in [0.05, 0.1) is 31.0 Å². The highest BCUT2D eigenvalue weighted by atomic mass is 16.5. The maximum absolute atomic E-state index is 10.2. The molecule has 1 aliphatic rings. The first-order valence-electron chi connectivity index (χ1n) is 12.8. The van der Waals surface area contributed by atoms with Crippen LogP contribution in [0.5, 0.6) is 0 Å². The van der Waals surface area contributed by atoms with Crippen molar-refractivity contribution >= 4 is 0 Å². The predicted molar refractivity (Wildman–Crippen MR) is 127 cm³/mol. The number of hydrogen-bond donors (Lipinski definition) is 6. The molecule has 0 saturated heterocycles. The Morgan fingerprint density at radius 3 is 2.00 bits per heavy atom. The van der Waals surface area contributed by atoms with Crippen LogP contribution >= 0.6 is 0 Å². The van der Waals surface area contributed by atoms with Gasteiger partial charge in [0.15, 0.2) is 0 Å². The van der Waals surface area contributed by atoms with Crippen LogP contribution in [0, 0.1) is 5.92 Å². The average Bonchev–Trinajstić information content (AvgIpc) is 2.79. The molecule has 1 fully saturated rings. The molecule has 7 atom stereocenters. The molecule has 190 valence electrons. The highest BCUT2D eigenvalue weighted by Crippen LogP contribution is 2.27. The maximum atomic E-state index is 10.2. The summed E-state index contributed by atoms with van der Waals surface area (Å²) >= 11 is 0. The third kappa shape index (κ3) is 11.5. The first-order chi connectivity index (χ1) is 15.4. The van der Waals surface area contributed by atoms with E-state index in [0.29, 0.717) is 0 Å². The Hall–Kier alpha value is -0.540. The Labute approximate surface area is 194 Å². The van der Waals surface area contributed by atoms with E-state index >= 15 is 0 Å². The van der Waals surface area contributed by atoms with E-state index in [-0.39, 0.29) is 19.6 Å². The van der Waals surface area contributed by atoms with Crippen molar-refractivity contribution in [2.75, 3.05) is 13.2 Å². The molecule has 0 aromatic carbocycles. The molecule has 0 bridgehead atoms. The van der Waals surface area contributed by atoms with Crippen LogP contribution in [-0.4, -0.2) is 75.3 Å². The van der Waals surface area contributed by atoms with Crippen molar-refractivity contribution in [1.29, 1.82) is 0 Å². The van der Waals surface area contributed by atoms with Gasteiger partial charge < -0.3 is 36.0 Å². The Morgan fingerprint density at radius 1 is 0.875 bits per heavy atom. The summed E-state index contributed by atoms with van der Waals surface area (Å²) < 4.78 is 5.60. The number of aliphatic hydroxyl groups is 5. The van der Waals surface area contributed by atoms with Gasteiger partial charge in [-0.3, -0.25) is 0 Å². The van der Waals surface area contributed by atoms with Crippen LogP contribution in [0.4, 0.5) is 0 Å². The highest BCUT2D eigenvalue weighted by Gasteiger charge is 2.43. The van der Waals surface area contributed by atoms with E-state index in [0.717, 1.165) is 12.8 Å². The maximum Gasteiger partial charge on any atom is 0.109 e. The third-order valence-corrected chi connectivity index (χ3v) is 6.58. The fraction of sp³-hybridized carbons (Fsp3) is 0.920. The summed E-state index contributed by atoms with van der Waals surface area (Å²) in [6, 6.07) is -0.660. The zero-order chi connectivity index (χ0) is 23.8. The molecule has 0 aromatic rings. The van der Waals surface area contributed by atoms with Crippen LogP contribution < -0.4 is 5.73 Å². The Balaban J connectivity index is 2.10. The van der Waals surface area contributed by atoms with Crippen molar-refractivity contribution in [3.8, 4) is 0 Å². The molecule has 0 aliphatic heterocycles. The van der Waals surface area contributed by atoms with Gasteiger partial charge in [-0.25, -0.2) is 0 Å². The number of rotatable bonds is 18. The van der Waals surface area contributed by atoms with E-state index in [4.69, 9.17) is 10.5 Å². The largest absolute Gasteiger partial charge is 0.396 e. The second-order valence-corrected chi connectivity index (χ2v) is 9.43. The van der Waals surface area contributed by atoms with Gasteiger partial charge in [0.2, 0.25) is 0 Å². The molecule has 0 spiro atoms. The summed E-state index contributed by atoms with van der Waals surface area (Å²) in [5.41, 5.74) is 5.99. The summed E-state index contributed by atoms with van der Waals surface area (Å²) in [5.74, 6) is -0.565. The van der Waals surface area contributed by atoms with E-state index in [1.54, 1.807) is 6.08 Å².